The minimum absolute atomic E-state index is 0.416. The molecule has 5 heteroatoms. The quantitative estimate of drug-likeness (QED) is 0.533. The SMILES string of the molecule is Cc1cc(-c2nc(N)c3cc(N)ccc3n2)ccc1Oc1ccccc1. The van der Waals surface area contributed by atoms with Gasteiger partial charge >= 0.3 is 0 Å². The molecule has 0 bridgehead atoms. The largest absolute Gasteiger partial charge is 0.457 e. The molecule has 4 rings (SSSR count). The molecule has 3 aromatic carbocycles. The smallest absolute Gasteiger partial charge is 0.162 e. The number of nitrogens with zero attached hydrogens (tertiary/aromatic N) is 2. The maximum atomic E-state index is 6.10. The van der Waals surface area contributed by atoms with Gasteiger partial charge in [0.1, 0.15) is 17.3 Å². The third-order valence-corrected chi connectivity index (χ3v) is 4.15. The van der Waals surface area contributed by atoms with Crippen LogP contribution in [0.4, 0.5) is 11.5 Å². The van der Waals surface area contributed by atoms with E-state index < -0.39 is 0 Å². The molecule has 0 aliphatic heterocycles. The van der Waals surface area contributed by atoms with E-state index in [0.29, 0.717) is 17.3 Å². The zero-order valence-electron chi connectivity index (χ0n) is 14.3. The van der Waals surface area contributed by atoms with Crippen molar-refractivity contribution >= 4 is 22.4 Å². The van der Waals surface area contributed by atoms with Crippen LogP contribution < -0.4 is 16.2 Å². The zero-order valence-corrected chi connectivity index (χ0v) is 14.3. The predicted octanol–water partition coefficient (Wildman–Crippen LogP) is 4.56. The number of rotatable bonds is 3. The first kappa shape index (κ1) is 15.9. The molecule has 0 fully saturated rings. The van der Waals surface area contributed by atoms with Gasteiger partial charge in [0.15, 0.2) is 5.82 Å². The van der Waals surface area contributed by atoms with Crippen molar-refractivity contribution in [1.82, 2.24) is 9.97 Å². The van der Waals surface area contributed by atoms with Gasteiger partial charge in [0.2, 0.25) is 0 Å². The first-order chi connectivity index (χ1) is 12.6. The summed E-state index contributed by atoms with van der Waals surface area (Å²) in [4.78, 5) is 9.05. The lowest BCUT2D eigenvalue weighted by molar-refractivity contribution is 0.479. The van der Waals surface area contributed by atoms with Crippen molar-refractivity contribution < 1.29 is 4.74 Å². The Kier molecular flexibility index (Phi) is 3.89. The van der Waals surface area contributed by atoms with Crippen molar-refractivity contribution in [3.63, 3.8) is 0 Å². The van der Waals surface area contributed by atoms with Crippen LogP contribution in [-0.4, -0.2) is 9.97 Å². The van der Waals surface area contributed by atoms with E-state index in [1.54, 1.807) is 12.1 Å². The Hall–Kier alpha value is -3.60. The van der Waals surface area contributed by atoms with Gasteiger partial charge < -0.3 is 16.2 Å². The molecule has 0 aliphatic carbocycles. The van der Waals surface area contributed by atoms with E-state index in [0.717, 1.165) is 33.5 Å². The van der Waals surface area contributed by atoms with E-state index in [1.807, 2.05) is 61.5 Å². The molecule has 0 amide bonds. The van der Waals surface area contributed by atoms with Crippen molar-refractivity contribution in [1.29, 1.82) is 0 Å². The number of fused-ring (bicyclic) bond motifs is 1. The molecule has 0 saturated heterocycles. The maximum absolute atomic E-state index is 6.10. The van der Waals surface area contributed by atoms with Crippen LogP contribution >= 0.6 is 0 Å². The van der Waals surface area contributed by atoms with Crippen LogP contribution in [0.2, 0.25) is 0 Å². The number of benzene rings is 3. The summed E-state index contributed by atoms with van der Waals surface area (Å²) in [5.41, 5.74) is 15.2. The monoisotopic (exact) mass is 342 g/mol. The van der Waals surface area contributed by atoms with E-state index in [2.05, 4.69) is 9.97 Å². The van der Waals surface area contributed by atoms with Gasteiger partial charge in [-0.25, -0.2) is 9.97 Å². The lowest BCUT2D eigenvalue weighted by Crippen LogP contribution is -1.99. The lowest BCUT2D eigenvalue weighted by atomic mass is 10.1. The summed E-state index contributed by atoms with van der Waals surface area (Å²) in [6, 6.07) is 21.0. The topological polar surface area (TPSA) is 87.0 Å². The Labute approximate surface area is 151 Å². The van der Waals surface area contributed by atoms with Crippen molar-refractivity contribution in [2.75, 3.05) is 11.5 Å². The second-order valence-corrected chi connectivity index (χ2v) is 6.10. The number of nitrogens with two attached hydrogens (primary N) is 2. The number of nitrogen functional groups attached to an aromatic ring is 2. The maximum Gasteiger partial charge on any atom is 0.162 e. The molecule has 26 heavy (non-hydrogen) atoms. The van der Waals surface area contributed by atoms with Gasteiger partial charge in [-0.15, -0.1) is 0 Å². The Bertz CT molecular complexity index is 1090. The van der Waals surface area contributed by atoms with Crippen LogP contribution in [0.3, 0.4) is 0 Å². The molecule has 0 spiro atoms. The van der Waals surface area contributed by atoms with Crippen LogP contribution in [0.5, 0.6) is 11.5 Å². The van der Waals surface area contributed by atoms with Crippen molar-refractivity contribution in [3.05, 3.63) is 72.3 Å². The molecule has 0 saturated carbocycles. The summed E-state index contributed by atoms with van der Waals surface area (Å²) >= 11 is 0. The standard InChI is InChI=1S/C21H18N4O/c1-13-11-14(7-10-19(13)26-16-5-3-2-4-6-16)21-24-18-9-8-15(22)12-17(18)20(23)25-21/h2-12H,22H2,1H3,(H2,23,24,25). The third-order valence-electron chi connectivity index (χ3n) is 4.15. The first-order valence-electron chi connectivity index (χ1n) is 8.27. The van der Waals surface area contributed by atoms with Gasteiger partial charge in [-0.2, -0.15) is 0 Å². The van der Waals surface area contributed by atoms with Crippen LogP contribution in [0, 0.1) is 6.92 Å². The molecule has 5 nitrogen and oxygen atoms in total. The average Bonchev–Trinajstić information content (AvgIpc) is 2.65. The normalized spacial score (nSPS) is 10.8. The van der Waals surface area contributed by atoms with E-state index in [9.17, 15) is 0 Å². The van der Waals surface area contributed by atoms with Crippen molar-refractivity contribution in [3.8, 4) is 22.9 Å². The lowest BCUT2D eigenvalue weighted by Gasteiger charge is -2.11. The van der Waals surface area contributed by atoms with Gasteiger partial charge in [0.05, 0.1) is 5.52 Å². The summed E-state index contributed by atoms with van der Waals surface area (Å²) in [6.07, 6.45) is 0. The van der Waals surface area contributed by atoms with Gasteiger partial charge in [-0.05, 0) is 61.0 Å². The molecule has 0 unspecified atom stereocenters. The van der Waals surface area contributed by atoms with Crippen LogP contribution in [-0.2, 0) is 0 Å². The van der Waals surface area contributed by atoms with Gasteiger partial charge in [-0.1, -0.05) is 18.2 Å². The van der Waals surface area contributed by atoms with Crippen LogP contribution in [0.15, 0.2) is 66.7 Å². The summed E-state index contributed by atoms with van der Waals surface area (Å²) in [5, 5.41) is 0.759. The van der Waals surface area contributed by atoms with Gasteiger partial charge in [-0.3, -0.25) is 0 Å². The molecule has 1 aromatic heterocycles. The van der Waals surface area contributed by atoms with Gasteiger partial charge in [0, 0.05) is 16.6 Å². The second-order valence-electron chi connectivity index (χ2n) is 6.10. The van der Waals surface area contributed by atoms with Crippen molar-refractivity contribution in [2.45, 2.75) is 6.92 Å². The van der Waals surface area contributed by atoms with E-state index in [-0.39, 0.29) is 0 Å². The molecule has 0 radical (unpaired) electrons. The number of hydrogen-bond donors (Lipinski definition) is 2. The number of para-hydroxylation sites is 1. The van der Waals surface area contributed by atoms with Crippen LogP contribution in [0.25, 0.3) is 22.3 Å². The average molecular weight is 342 g/mol. The summed E-state index contributed by atoms with van der Waals surface area (Å²) < 4.78 is 5.93. The summed E-state index contributed by atoms with van der Waals surface area (Å²) in [6.45, 7) is 1.99. The minimum Gasteiger partial charge on any atom is -0.457 e. The number of aromatic nitrogens is 2. The van der Waals surface area contributed by atoms with E-state index in [4.69, 9.17) is 16.2 Å². The Morgan fingerprint density at radius 3 is 2.42 bits per heavy atom. The minimum atomic E-state index is 0.416. The fraction of sp³-hybridized carbons (Fsp3) is 0.0476. The molecular formula is C21H18N4O. The molecule has 128 valence electrons. The highest BCUT2D eigenvalue weighted by Gasteiger charge is 2.10. The molecule has 4 N–H and O–H groups in total. The Morgan fingerprint density at radius 2 is 1.65 bits per heavy atom. The third kappa shape index (κ3) is 3.02. The van der Waals surface area contributed by atoms with Crippen LogP contribution in [0.1, 0.15) is 5.56 Å². The molecular weight excluding hydrogens is 324 g/mol. The fourth-order valence-electron chi connectivity index (χ4n) is 2.82. The zero-order chi connectivity index (χ0) is 18.1. The molecule has 4 aromatic rings. The molecule has 0 atom stereocenters. The highest BCUT2D eigenvalue weighted by atomic mass is 16.5. The number of hydrogen-bond acceptors (Lipinski definition) is 5. The Morgan fingerprint density at radius 1 is 0.846 bits per heavy atom. The fourth-order valence-corrected chi connectivity index (χ4v) is 2.82. The number of anilines is 2. The van der Waals surface area contributed by atoms with E-state index in [1.165, 1.54) is 0 Å². The van der Waals surface area contributed by atoms with Crippen molar-refractivity contribution in [2.24, 2.45) is 0 Å². The molecule has 1 heterocycles. The summed E-state index contributed by atoms with van der Waals surface area (Å²) in [5.74, 6) is 2.59. The van der Waals surface area contributed by atoms with E-state index >= 15 is 0 Å². The summed E-state index contributed by atoms with van der Waals surface area (Å²) in [7, 11) is 0. The Balaban J connectivity index is 1.71. The first-order valence-corrected chi connectivity index (χ1v) is 8.27. The number of ether oxygens (including phenoxy) is 1. The second kappa shape index (κ2) is 6.37. The predicted molar refractivity (Wildman–Crippen MR) is 105 cm³/mol. The number of aryl methyl sites for hydroxylation is 1. The highest BCUT2D eigenvalue weighted by molar-refractivity contribution is 5.91. The van der Waals surface area contributed by atoms with Gasteiger partial charge in [0.25, 0.3) is 0 Å². The molecule has 0 aliphatic rings. The highest BCUT2D eigenvalue weighted by Crippen LogP contribution is 2.30.